The van der Waals surface area contributed by atoms with Crippen LogP contribution in [0.2, 0.25) is 0 Å². The molecule has 2 amide bonds. The molecule has 0 aromatic heterocycles. The van der Waals surface area contributed by atoms with Crippen molar-refractivity contribution in [2.75, 3.05) is 19.8 Å². The predicted molar refractivity (Wildman–Crippen MR) is 119 cm³/mol. The third-order valence-electron chi connectivity index (χ3n) is 6.77. The lowest BCUT2D eigenvalue weighted by molar-refractivity contribution is -0.148. The normalized spacial score (nSPS) is 25.1. The van der Waals surface area contributed by atoms with Crippen LogP contribution in [0.4, 0.5) is 4.79 Å². The molecular weight excluding hydrogens is 424 g/mol. The van der Waals surface area contributed by atoms with E-state index in [1.165, 1.54) is 11.1 Å². The highest BCUT2D eigenvalue weighted by molar-refractivity contribution is 5.83. The van der Waals surface area contributed by atoms with Crippen LogP contribution in [0.3, 0.4) is 0 Å². The van der Waals surface area contributed by atoms with Crippen LogP contribution in [-0.4, -0.2) is 55.0 Å². The first kappa shape index (κ1) is 21.5. The zero-order chi connectivity index (χ0) is 22.9. The van der Waals surface area contributed by atoms with Gasteiger partial charge in [0.25, 0.3) is 0 Å². The Hall–Kier alpha value is -3.39. The molecule has 0 radical (unpaired) electrons. The Morgan fingerprint density at radius 1 is 1.03 bits per heavy atom. The van der Waals surface area contributed by atoms with E-state index in [-0.39, 0.29) is 30.3 Å². The Balaban J connectivity index is 1.09. The fourth-order valence-corrected chi connectivity index (χ4v) is 4.93. The Kier molecular flexibility index (Phi) is 5.76. The summed E-state index contributed by atoms with van der Waals surface area (Å²) in [6, 6.07) is 15.8. The standard InChI is InChI=1S/C25H26N2O6/c28-23(27-21-9-10-32-22(21)24(29)30)19-11-14(19)12-26-25(31)33-13-20-17-7-3-1-5-15(17)16-6-2-4-8-18(16)20/h1-8,14,19-22H,9-13H2,(H,26,31)(H,27,28)(H,29,30)/t14-,19-,21?,22?/m0/s1. The van der Waals surface area contributed by atoms with Gasteiger partial charge in [-0.1, -0.05) is 48.5 Å². The monoisotopic (exact) mass is 450 g/mol. The molecule has 2 aliphatic carbocycles. The fraction of sp³-hybridized carbons (Fsp3) is 0.400. The molecule has 0 bridgehead atoms. The zero-order valence-electron chi connectivity index (χ0n) is 18.0. The molecule has 172 valence electrons. The molecule has 2 fully saturated rings. The van der Waals surface area contributed by atoms with Gasteiger partial charge in [0, 0.05) is 25.0 Å². The van der Waals surface area contributed by atoms with Crippen molar-refractivity contribution in [3.05, 3.63) is 59.7 Å². The van der Waals surface area contributed by atoms with Gasteiger partial charge in [-0.15, -0.1) is 0 Å². The first-order valence-electron chi connectivity index (χ1n) is 11.3. The van der Waals surface area contributed by atoms with Gasteiger partial charge in [0.1, 0.15) is 6.61 Å². The molecule has 0 spiro atoms. The number of aliphatic carboxylic acids is 1. The SMILES string of the molecule is O=C(NC[C@@H]1C[C@@H]1C(=O)NC1CCOC1C(=O)O)OCC1c2ccccc2-c2ccccc21. The summed E-state index contributed by atoms with van der Waals surface area (Å²) in [7, 11) is 0. The third kappa shape index (κ3) is 4.30. The molecule has 2 aromatic rings. The molecule has 8 heteroatoms. The second kappa shape index (κ2) is 8.86. The lowest BCUT2D eigenvalue weighted by Crippen LogP contribution is -2.45. The zero-order valence-corrected chi connectivity index (χ0v) is 18.0. The van der Waals surface area contributed by atoms with E-state index in [1.54, 1.807) is 0 Å². The second-order valence-corrected chi connectivity index (χ2v) is 8.84. The van der Waals surface area contributed by atoms with Gasteiger partial charge >= 0.3 is 12.1 Å². The summed E-state index contributed by atoms with van der Waals surface area (Å²) in [6.45, 7) is 0.907. The first-order chi connectivity index (χ1) is 16.0. The number of alkyl carbamates (subject to hydrolysis) is 1. The van der Waals surface area contributed by atoms with Crippen molar-refractivity contribution in [1.82, 2.24) is 10.6 Å². The molecule has 1 aliphatic heterocycles. The number of carboxylic acids is 1. The molecular formula is C25H26N2O6. The molecule has 5 rings (SSSR count). The lowest BCUT2D eigenvalue weighted by Gasteiger charge is -2.16. The van der Waals surface area contributed by atoms with Crippen LogP contribution in [0.15, 0.2) is 48.5 Å². The highest BCUT2D eigenvalue weighted by Gasteiger charge is 2.45. The number of ether oxygens (including phenoxy) is 2. The third-order valence-corrected chi connectivity index (χ3v) is 6.77. The van der Waals surface area contributed by atoms with Crippen molar-refractivity contribution < 1.29 is 29.0 Å². The highest BCUT2D eigenvalue weighted by Crippen LogP contribution is 2.44. The summed E-state index contributed by atoms with van der Waals surface area (Å²) in [5, 5.41) is 14.7. The van der Waals surface area contributed by atoms with E-state index in [0.717, 1.165) is 11.1 Å². The van der Waals surface area contributed by atoms with Crippen molar-refractivity contribution in [3.8, 4) is 11.1 Å². The van der Waals surface area contributed by atoms with Gasteiger partial charge in [-0.2, -0.15) is 0 Å². The number of nitrogens with one attached hydrogen (secondary N) is 2. The molecule has 1 saturated carbocycles. The van der Waals surface area contributed by atoms with Gasteiger partial charge in [0.2, 0.25) is 5.91 Å². The van der Waals surface area contributed by atoms with Crippen LogP contribution in [0.5, 0.6) is 0 Å². The van der Waals surface area contributed by atoms with Crippen molar-refractivity contribution in [2.24, 2.45) is 11.8 Å². The summed E-state index contributed by atoms with van der Waals surface area (Å²) >= 11 is 0. The molecule has 3 N–H and O–H groups in total. The van der Waals surface area contributed by atoms with E-state index in [2.05, 4.69) is 34.9 Å². The fourth-order valence-electron chi connectivity index (χ4n) is 4.93. The Morgan fingerprint density at radius 2 is 1.70 bits per heavy atom. The van der Waals surface area contributed by atoms with Gasteiger partial charge in [-0.25, -0.2) is 9.59 Å². The quantitative estimate of drug-likeness (QED) is 0.597. The van der Waals surface area contributed by atoms with E-state index >= 15 is 0 Å². The number of carbonyl (C=O) groups is 3. The van der Waals surface area contributed by atoms with Crippen LogP contribution in [0, 0.1) is 11.8 Å². The molecule has 1 heterocycles. The van der Waals surface area contributed by atoms with Crippen LogP contribution < -0.4 is 10.6 Å². The van der Waals surface area contributed by atoms with Crippen LogP contribution >= 0.6 is 0 Å². The van der Waals surface area contributed by atoms with E-state index in [9.17, 15) is 14.4 Å². The minimum absolute atomic E-state index is 0.00147. The van der Waals surface area contributed by atoms with Crippen LogP contribution in [0.1, 0.15) is 29.9 Å². The molecule has 8 nitrogen and oxygen atoms in total. The van der Waals surface area contributed by atoms with Crippen LogP contribution in [0.25, 0.3) is 11.1 Å². The van der Waals surface area contributed by atoms with Crippen molar-refractivity contribution >= 4 is 18.0 Å². The molecule has 4 atom stereocenters. The maximum absolute atomic E-state index is 12.4. The van der Waals surface area contributed by atoms with E-state index in [4.69, 9.17) is 14.6 Å². The summed E-state index contributed by atoms with van der Waals surface area (Å²) in [6.07, 6.45) is -0.359. The minimum atomic E-state index is -1.07. The maximum atomic E-state index is 12.4. The van der Waals surface area contributed by atoms with E-state index < -0.39 is 24.2 Å². The molecule has 1 saturated heterocycles. The largest absolute Gasteiger partial charge is 0.479 e. The number of hydrogen-bond donors (Lipinski definition) is 3. The van der Waals surface area contributed by atoms with Gasteiger partial charge in [0.15, 0.2) is 6.10 Å². The van der Waals surface area contributed by atoms with Gasteiger partial charge in [-0.05, 0) is 41.0 Å². The van der Waals surface area contributed by atoms with Gasteiger partial charge in [0.05, 0.1) is 6.04 Å². The minimum Gasteiger partial charge on any atom is -0.479 e. The smallest absolute Gasteiger partial charge is 0.407 e. The molecule has 2 unspecified atom stereocenters. The van der Waals surface area contributed by atoms with Crippen molar-refractivity contribution in [3.63, 3.8) is 0 Å². The summed E-state index contributed by atoms with van der Waals surface area (Å²) < 4.78 is 10.7. The predicted octanol–water partition coefficient (Wildman–Crippen LogP) is 2.52. The van der Waals surface area contributed by atoms with Crippen molar-refractivity contribution in [1.29, 1.82) is 0 Å². The molecule has 3 aliphatic rings. The number of carbonyl (C=O) groups excluding carboxylic acids is 2. The number of carboxylic acid groups (broad SMARTS) is 1. The molecule has 2 aromatic carbocycles. The summed E-state index contributed by atoms with van der Waals surface area (Å²) in [5.74, 6) is -1.46. The van der Waals surface area contributed by atoms with E-state index in [0.29, 0.717) is 26.0 Å². The number of hydrogen-bond acceptors (Lipinski definition) is 5. The highest BCUT2D eigenvalue weighted by atomic mass is 16.5. The summed E-state index contributed by atoms with van der Waals surface area (Å²) in [5.41, 5.74) is 4.65. The number of benzene rings is 2. The first-order valence-corrected chi connectivity index (χ1v) is 11.3. The maximum Gasteiger partial charge on any atom is 0.407 e. The van der Waals surface area contributed by atoms with Gasteiger partial charge < -0.3 is 25.2 Å². The Labute approximate surface area is 191 Å². The number of amides is 2. The summed E-state index contributed by atoms with van der Waals surface area (Å²) in [4.78, 5) is 35.9. The van der Waals surface area contributed by atoms with Crippen molar-refractivity contribution in [2.45, 2.75) is 30.9 Å². The topological polar surface area (TPSA) is 114 Å². The number of fused-ring (bicyclic) bond motifs is 3. The van der Waals surface area contributed by atoms with E-state index in [1.807, 2.05) is 24.3 Å². The van der Waals surface area contributed by atoms with Gasteiger partial charge in [-0.3, -0.25) is 4.79 Å². The number of rotatable bonds is 7. The average Bonchev–Trinajstić information content (AvgIpc) is 3.33. The second-order valence-electron chi connectivity index (χ2n) is 8.84. The van der Waals surface area contributed by atoms with Crippen LogP contribution in [-0.2, 0) is 19.1 Å². The molecule has 33 heavy (non-hydrogen) atoms. The lowest BCUT2D eigenvalue weighted by atomic mass is 9.98. The Morgan fingerprint density at radius 3 is 2.36 bits per heavy atom. The Bertz CT molecular complexity index is 1040. The average molecular weight is 450 g/mol.